The molecular formula is C24H26N2O3S. The van der Waals surface area contributed by atoms with E-state index < -0.39 is 0 Å². The molecule has 0 aliphatic heterocycles. The van der Waals surface area contributed by atoms with E-state index in [2.05, 4.69) is 10.6 Å². The molecule has 0 radical (unpaired) electrons. The molecule has 0 saturated heterocycles. The first kappa shape index (κ1) is 21.6. The summed E-state index contributed by atoms with van der Waals surface area (Å²) < 4.78 is 5.52. The summed E-state index contributed by atoms with van der Waals surface area (Å²) in [7, 11) is 0. The first-order valence-electron chi connectivity index (χ1n) is 10.0. The maximum Gasteiger partial charge on any atom is 0.252 e. The van der Waals surface area contributed by atoms with Crippen LogP contribution in [0.2, 0.25) is 0 Å². The van der Waals surface area contributed by atoms with Crippen LogP contribution in [-0.4, -0.2) is 25.0 Å². The van der Waals surface area contributed by atoms with Gasteiger partial charge in [-0.3, -0.25) is 9.59 Å². The summed E-state index contributed by atoms with van der Waals surface area (Å²) in [5.41, 5.74) is 2.66. The fourth-order valence-corrected chi connectivity index (χ4v) is 3.74. The van der Waals surface area contributed by atoms with Crippen molar-refractivity contribution in [3.05, 3.63) is 88.1 Å². The molecule has 0 bridgehead atoms. The van der Waals surface area contributed by atoms with Crippen molar-refractivity contribution in [1.82, 2.24) is 10.6 Å². The fourth-order valence-electron chi connectivity index (χ4n) is 3.11. The van der Waals surface area contributed by atoms with E-state index in [0.29, 0.717) is 31.6 Å². The summed E-state index contributed by atoms with van der Waals surface area (Å²) in [5.74, 6) is 0.650. The minimum atomic E-state index is -0.241. The van der Waals surface area contributed by atoms with E-state index in [9.17, 15) is 9.59 Å². The highest BCUT2D eigenvalue weighted by Crippen LogP contribution is 2.24. The summed E-state index contributed by atoms with van der Waals surface area (Å²) in [4.78, 5) is 24.6. The lowest BCUT2D eigenvalue weighted by Crippen LogP contribution is -2.30. The normalized spacial score (nSPS) is 11.5. The molecule has 1 aromatic heterocycles. The molecule has 5 nitrogen and oxygen atoms in total. The van der Waals surface area contributed by atoms with Crippen molar-refractivity contribution >= 4 is 23.2 Å². The fraction of sp³-hybridized carbons (Fsp3) is 0.250. The van der Waals surface area contributed by atoms with Gasteiger partial charge < -0.3 is 15.4 Å². The van der Waals surface area contributed by atoms with Gasteiger partial charge in [0.1, 0.15) is 5.75 Å². The lowest BCUT2D eigenvalue weighted by molar-refractivity contribution is -0.121. The third kappa shape index (κ3) is 6.19. The quantitative estimate of drug-likeness (QED) is 0.471. The first-order chi connectivity index (χ1) is 14.7. The van der Waals surface area contributed by atoms with Crippen LogP contribution < -0.4 is 15.4 Å². The third-order valence-electron chi connectivity index (χ3n) is 4.61. The van der Waals surface area contributed by atoms with Gasteiger partial charge in [-0.25, -0.2) is 0 Å². The van der Waals surface area contributed by atoms with E-state index in [0.717, 1.165) is 16.9 Å². The van der Waals surface area contributed by atoms with Crippen molar-refractivity contribution in [1.29, 1.82) is 0 Å². The van der Waals surface area contributed by atoms with Crippen LogP contribution >= 0.6 is 11.3 Å². The van der Waals surface area contributed by atoms with Gasteiger partial charge in [0.25, 0.3) is 5.91 Å². The molecule has 2 N–H and O–H groups in total. The number of hydrogen-bond donors (Lipinski definition) is 2. The van der Waals surface area contributed by atoms with Gasteiger partial charge in [-0.2, -0.15) is 11.3 Å². The van der Waals surface area contributed by atoms with E-state index in [-0.39, 0.29) is 17.9 Å². The Morgan fingerprint density at radius 2 is 1.73 bits per heavy atom. The van der Waals surface area contributed by atoms with E-state index in [1.54, 1.807) is 6.07 Å². The Morgan fingerprint density at radius 1 is 1.00 bits per heavy atom. The Labute approximate surface area is 181 Å². The molecular weight excluding hydrogens is 396 g/mol. The highest BCUT2D eigenvalue weighted by atomic mass is 32.1. The molecule has 156 valence electrons. The summed E-state index contributed by atoms with van der Waals surface area (Å²) in [5, 5.41) is 9.65. The third-order valence-corrected chi connectivity index (χ3v) is 5.30. The van der Waals surface area contributed by atoms with Crippen LogP contribution in [0.1, 0.15) is 47.3 Å². The van der Waals surface area contributed by atoms with Crippen molar-refractivity contribution in [3.8, 4) is 5.75 Å². The Hall–Kier alpha value is -3.12. The van der Waals surface area contributed by atoms with Gasteiger partial charge in [0, 0.05) is 23.9 Å². The Kier molecular flexibility index (Phi) is 8.03. The molecule has 2 aromatic carbocycles. The minimum Gasteiger partial charge on any atom is -0.494 e. The highest BCUT2D eigenvalue weighted by molar-refractivity contribution is 7.08. The van der Waals surface area contributed by atoms with Crippen LogP contribution in [0.25, 0.3) is 0 Å². The van der Waals surface area contributed by atoms with Crippen LogP contribution in [0.5, 0.6) is 5.75 Å². The Morgan fingerprint density at radius 3 is 2.40 bits per heavy atom. The summed E-state index contributed by atoms with van der Waals surface area (Å²) in [6.45, 7) is 3.02. The molecule has 0 fully saturated rings. The lowest BCUT2D eigenvalue weighted by Gasteiger charge is -2.20. The van der Waals surface area contributed by atoms with Crippen molar-refractivity contribution in [2.75, 3.05) is 13.2 Å². The lowest BCUT2D eigenvalue weighted by atomic mass is 9.98. The monoisotopic (exact) mass is 422 g/mol. The van der Waals surface area contributed by atoms with Gasteiger partial charge in [0.05, 0.1) is 12.6 Å². The molecule has 0 spiro atoms. The second-order valence-electron chi connectivity index (χ2n) is 6.78. The van der Waals surface area contributed by atoms with Crippen molar-refractivity contribution < 1.29 is 14.3 Å². The van der Waals surface area contributed by atoms with Gasteiger partial charge in [0.15, 0.2) is 0 Å². The Balaban J connectivity index is 1.57. The largest absolute Gasteiger partial charge is 0.494 e. The number of carbonyl (C=O) groups is 2. The zero-order chi connectivity index (χ0) is 21.2. The van der Waals surface area contributed by atoms with Crippen LogP contribution in [-0.2, 0) is 4.79 Å². The molecule has 2 amide bonds. The van der Waals surface area contributed by atoms with E-state index in [1.165, 1.54) is 11.3 Å². The van der Waals surface area contributed by atoms with Gasteiger partial charge in [-0.15, -0.1) is 0 Å². The molecule has 0 aliphatic carbocycles. The number of amides is 2. The van der Waals surface area contributed by atoms with Crippen LogP contribution in [0.15, 0.2) is 71.4 Å². The highest BCUT2D eigenvalue weighted by Gasteiger charge is 2.17. The van der Waals surface area contributed by atoms with Gasteiger partial charge in [-0.1, -0.05) is 42.5 Å². The average molecular weight is 423 g/mol. The molecule has 1 heterocycles. The maximum absolute atomic E-state index is 12.6. The number of nitrogens with one attached hydrogen (secondary N) is 2. The van der Waals surface area contributed by atoms with Gasteiger partial charge >= 0.3 is 0 Å². The second-order valence-corrected chi connectivity index (χ2v) is 7.56. The van der Waals surface area contributed by atoms with Crippen molar-refractivity contribution in [3.63, 3.8) is 0 Å². The van der Waals surface area contributed by atoms with E-state index >= 15 is 0 Å². The molecule has 1 unspecified atom stereocenters. The first-order valence-corrected chi connectivity index (χ1v) is 11.0. The van der Waals surface area contributed by atoms with Crippen LogP contribution in [0.4, 0.5) is 0 Å². The number of rotatable bonds is 10. The molecule has 1 atom stereocenters. The number of ether oxygens (including phenoxy) is 1. The SMILES string of the molecule is CCOc1ccc(C(NC(=O)CCCNC(=O)c2ccsc2)c2ccccc2)cc1. The second kappa shape index (κ2) is 11.2. The molecule has 30 heavy (non-hydrogen) atoms. The zero-order valence-corrected chi connectivity index (χ0v) is 17.8. The Bertz CT molecular complexity index is 925. The molecule has 3 rings (SSSR count). The number of hydrogen-bond acceptors (Lipinski definition) is 4. The van der Waals surface area contributed by atoms with E-state index in [1.807, 2.05) is 72.3 Å². The predicted octanol–water partition coefficient (Wildman–Crippen LogP) is 4.56. The van der Waals surface area contributed by atoms with Gasteiger partial charge in [0.2, 0.25) is 5.91 Å². The topological polar surface area (TPSA) is 67.4 Å². The zero-order valence-electron chi connectivity index (χ0n) is 17.0. The molecule has 0 aliphatic rings. The smallest absolute Gasteiger partial charge is 0.252 e. The van der Waals surface area contributed by atoms with Crippen LogP contribution in [0.3, 0.4) is 0 Å². The van der Waals surface area contributed by atoms with Gasteiger partial charge in [-0.05, 0) is 48.1 Å². The molecule has 3 aromatic rings. The molecule has 6 heteroatoms. The summed E-state index contributed by atoms with van der Waals surface area (Å²) in [6, 6.07) is 19.2. The summed E-state index contributed by atoms with van der Waals surface area (Å²) in [6.07, 6.45) is 0.913. The van der Waals surface area contributed by atoms with Crippen molar-refractivity contribution in [2.45, 2.75) is 25.8 Å². The number of carbonyl (C=O) groups excluding carboxylic acids is 2. The van der Waals surface area contributed by atoms with E-state index in [4.69, 9.17) is 4.74 Å². The standard InChI is InChI=1S/C24H26N2O3S/c1-2-29-21-12-10-19(11-13-21)23(18-7-4-3-5-8-18)26-22(27)9-6-15-25-24(28)20-14-16-30-17-20/h3-5,7-8,10-14,16-17,23H,2,6,9,15H2,1H3,(H,25,28)(H,26,27). The number of thiophene rings is 1. The summed E-state index contributed by atoms with van der Waals surface area (Å²) >= 11 is 1.49. The number of benzene rings is 2. The predicted molar refractivity (Wildman–Crippen MR) is 120 cm³/mol. The van der Waals surface area contributed by atoms with Crippen LogP contribution in [0, 0.1) is 0 Å². The average Bonchev–Trinajstić information content (AvgIpc) is 3.32. The maximum atomic E-state index is 12.6. The van der Waals surface area contributed by atoms with Crippen molar-refractivity contribution in [2.24, 2.45) is 0 Å². The molecule has 0 saturated carbocycles. The minimum absolute atomic E-state index is 0.0532.